The van der Waals surface area contributed by atoms with E-state index < -0.39 is 102 Å². The van der Waals surface area contributed by atoms with Crippen LogP contribution in [0.25, 0.3) is 11.3 Å². The van der Waals surface area contributed by atoms with Gasteiger partial charge in [0.05, 0.1) is 56.7 Å². The number of aliphatic hydroxyl groups excluding tert-OH is 1. The second-order valence-corrected chi connectivity index (χ2v) is 21.1. The van der Waals surface area contributed by atoms with Gasteiger partial charge in [-0.25, -0.2) is 33.0 Å². The Morgan fingerprint density at radius 3 is 1.92 bits per heavy atom. The van der Waals surface area contributed by atoms with Crippen molar-refractivity contribution in [1.29, 1.82) is 0 Å². The lowest BCUT2D eigenvalue weighted by molar-refractivity contribution is -0.220. The number of fused-ring (bicyclic) bond motifs is 2. The molecule has 4 amide bonds. The number of hydrogen-bond donors (Lipinski definition) is 5. The van der Waals surface area contributed by atoms with Gasteiger partial charge in [-0.05, 0) is 86.6 Å². The highest BCUT2D eigenvalue weighted by Crippen LogP contribution is 2.41. The summed E-state index contributed by atoms with van der Waals surface area (Å²) in [7, 11) is 1.93. The molecule has 5 N–H and O–H groups in total. The molecule has 2 aromatic carbocycles. The van der Waals surface area contributed by atoms with Crippen LogP contribution in [-0.2, 0) is 36.8 Å². The average Bonchev–Trinajstić information content (AvgIpc) is 3.96. The number of piperazine rings is 1. The van der Waals surface area contributed by atoms with Gasteiger partial charge in [-0.2, -0.15) is 27.1 Å². The zero-order valence-corrected chi connectivity index (χ0v) is 44.0. The van der Waals surface area contributed by atoms with Gasteiger partial charge in [0, 0.05) is 72.9 Å². The number of rotatable bonds is 18. The first-order valence-electron chi connectivity index (χ1n) is 25.0. The summed E-state index contributed by atoms with van der Waals surface area (Å²) >= 11 is 0. The number of carbonyl (C=O) groups excluding carboxylic acids is 4. The number of halogens is 7. The minimum Gasteiger partial charge on any atom is -0.453 e. The third-order valence-corrected chi connectivity index (χ3v) is 14.2. The third-order valence-electron chi connectivity index (χ3n) is 14.2. The van der Waals surface area contributed by atoms with Crippen LogP contribution in [0.2, 0.25) is 0 Å². The number of amides is 4. The van der Waals surface area contributed by atoms with Crippen molar-refractivity contribution in [3.8, 4) is 23.1 Å². The first kappa shape index (κ1) is 58.7. The molecule has 3 aliphatic rings. The highest BCUT2D eigenvalue weighted by molar-refractivity contribution is 5.87. The number of nitrogens with zero attached hydrogens (tertiary/aromatic N) is 6. The van der Waals surface area contributed by atoms with Crippen LogP contribution < -0.4 is 26.3 Å². The second-order valence-electron chi connectivity index (χ2n) is 21.1. The van der Waals surface area contributed by atoms with Gasteiger partial charge in [-0.1, -0.05) is 44.7 Å². The fraction of sp³-hybridized carbons (Fsp3) is 0.509. The molecule has 2 aromatic heterocycles. The first-order chi connectivity index (χ1) is 36.8. The molecular weight excluding hydrogens is 1040 g/mol. The van der Waals surface area contributed by atoms with E-state index in [2.05, 4.69) is 47.5 Å². The summed E-state index contributed by atoms with van der Waals surface area (Å²) in [6, 6.07) is 9.02. The number of ether oxygens (including phenoxy) is 3. The summed E-state index contributed by atoms with van der Waals surface area (Å²) in [4.78, 5) is 62.6. The van der Waals surface area contributed by atoms with Gasteiger partial charge >= 0.3 is 24.9 Å². The van der Waals surface area contributed by atoms with E-state index >= 15 is 8.78 Å². The van der Waals surface area contributed by atoms with Gasteiger partial charge < -0.3 is 40.2 Å². The van der Waals surface area contributed by atoms with Crippen LogP contribution >= 0.6 is 0 Å². The van der Waals surface area contributed by atoms with Crippen molar-refractivity contribution in [3.05, 3.63) is 101 Å². The number of nitrogens with one attached hydrogen (secondary N) is 4. The topological polar surface area (TPSA) is 205 Å². The summed E-state index contributed by atoms with van der Waals surface area (Å²) in [6.45, 7) is 4.63. The Labute approximate surface area is 446 Å². The van der Waals surface area contributed by atoms with Crippen LogP contribution in [0.3, 0.4) is 0 Å². The number of alkyl halides is 5. The molecule has 3 aliphatic heterocycles. The number of carbonyl (C=O) groups is 4. The van der Waals surface area contributed by atoms with Crippen LogP contribution in [0.15, 0.2) is 67.0 Å². The molecule has 2 bridgehead atoms. The highest BCUT2D eigenvalue weighted by atomic mass is 19.4. The molecule has 3 fully saturated rings. The van der Waals surface area contributed by atoms with E-state index in [4.69, 9.17) is 14.5 Å². The quantitative estimate of drug-likeness (QED) is 0.0437. The van der Waals surface area contributed by atoms with Crippen LogP contribution in [0, 0.1) is 34.3 Å². The van der Waals surface area contributed by atoms with E-state index in [1.54, 1.807) is 51.2 Å². The monoisotopic (exact) mass is 1100 g/mol. The standard InChI is InChI=1S/C53H63F7N10O8/c1-51(2,3)44(63-49(74)76-6)47(73)66-68(26-37-38(54)21-33(22-39(37)55)40-18-19-69(65-40)48(56)57)27-42(71)41(62-46(72)45(64-50(75)77-7)52(4,5)53(58,59)60)20-31-11-8-30(9-12-31)10-13-32-14-17-43(61-23-32)67-24-34-15-16-35(25-67)70(34)36-28-78-29-36/h8-9,11-12,14,17-19,21-23,34-36,41-42,44-45,48,71H,15-16,20,24-29H2,1-7H3,(H,62,72)(H,63,74)(H,64,75)(H,66,73)/t34?,35?,41?,42-,44+,45+/m0/s1. The SMILES string of the molecule is COC(=O)N[C@H](C(=O)NN(Cc1c(F)cc(-c2ccn(C(F)F)n2)cc1F)C[C@H](O)C(Cc1ccc(C#Cc2ccc(N3CC4CCC(C3)N4C3COC3)nc2)cc1)NC(=O)[C@@H](NC(=O)OC)C(C)(C)C(F)(F)F)C(C)(C)C. The molecule has 3 unspecified atom stereocenters. The number of aliphatic hydroxyl groups is 1. The van der Waals surface area contributed by atoms with E-state index in [0.29, 0.717) is 48.7 Å². The molecule has 78 heavy (non-hydrogen) atoms. The number of hydrazine groups is 1. The molecule has 0 spiro atoms. The Morgan fingerprint density at radius 1 is 0.821 bits per heavy atom. The van der Waals surface area contributed by atoms with Gasteiger partial charge in [-0.15, -0.1) is 0 Å². The molecule has 4 aromatic rings. The highest BCUT2D eigenvalue weighted by Gasteiger charge is 2.56. The molecule has 7 rings (SSSR count). The van der Waals surface area contributed by atoms with Gasteiger partial charge in [0.25, 0.3) is 5.91 Å². The summed E-state index contributed by atoms with van der Waals surface area (Å²) in [5, 5.41) is 23.4. The predicted molar refractivity (Wildman–Crippen MR) is 269 cm³/mol. The number of methoxy groups -OCH3 is 2. The molecule has 5 heterocycles. The maximum atomic E-state index is 16.0. The zero-order chi connectivity index (χ0) is 56.9. The summed E-state index contributed by atoms with van der Waals surface area (Å²) in [5.74, 6) is 2.14. The third kappa shape index (κ3) is 14.0. The van der Waals surface area contributed by atoms with Crippen molar-refractivity contribution in [3.63, 3.8) is 0 Å². The number of pyridine rings is 1. The van der Waals surface area contributed by atoms with E-state index in [9.17, 15) is 46.2 Å². The number of alkyl carbamates (subject to hydrolysis) is 2. The predicted octanol–water partition coefficient (Wildman–Crippen LogP) is 6.08. The first-order valence-corrected chi connectivity index (χ1v) is 25.0. The molecule has 422 valence electrons. The molecule has 0 saturated carbocycles. The lowest BCUT2D eigenvalue weighted by Gasteiger charge is -2.47. The van der Waals surface area contributed by atoms with Crippen LogP contribution in [0.5, 0.6) is 0 Å². The van der Waals surface area contributed by atoms with Crippen molar-refractivity contribution in [1.82, 2.24) is 46.0 Å². The molecule has 0 radical (unpaired) electrons. The van der Waals surface area contributed by atoms with E-state index in [-0.39, 0.29) is 22.4 Å². The van der Waals surface area contributed by atoms with Gasteiger partial charge in [-0.3, -0.25) is 19.9 Å². The number of hydrogen-bond acceptors (Lipinski definition) is 13. The van der Waals surface area contributed by atoms with Gasteiger partial charge in [0.15, 0.2) is 0 Å². The minimum atomic E-state index is -5.09. The molecule has 25 heteroatoms. The van der Waals surface area contributed by atoms with Crippen LogP contribution in [-0.4, -0.2) is 149 Å². The zero-order valence-electron chi connectivity index (χ0n) is 44.0. The molecular formula is C53H63F7N10O8. The lowest BCUT2D eigenvalue weighted by atomic mass is 9.82. The van der Waals surface area contributed by atoms with Crippen molar-refractivity contribution < 1.29 is 69.2 Å². The van der Waals surface area contributed by atoms with Crippen LogP contribution in [0.1, 0.15) is 76.3 Å². The Hall–Kier alpha value is -7.01. The largest absolute Gasteiger partial charge is 0.453 e. The smallest absolute Gasteiger partial charge is 0.407 e. The molecule has 3 saturated heterocycles. The average molecular weight is 1100 g/mol. The summed E-state index contributed by atoms with van der Waals surface area (Å²) < 4.78 is 117. The maximum Gasteiger partial charge on any atom is 0.407 e. The molecule has 18 nitrogen and oxygen atoms in total. The fourth-order valence-electron chi connectivity index (χ4n) is 9.62. The fourth-order valence-corrected chi connectivity index (χ4v) is 9.62. The maximum absolute atomic E-state index is 16.0. The Morgan fingerprint density at radius 2 is 1.41 bits per heavy atom. The van der Waals surface area contributed by atoms with Crippen LogP contribution in [0.4, 0.5) is 46.1 Å². The second kappa shape index (κ2) is 24.3. The number of anilines is 1. The Kier molecular flexibility index (Phi) is 18.3. The molecule has 6 atom stereocenters. The summed E-state index contributed by atoms with van der Waals surface area (Å²) in [5.41, 5.74) is -1.11. The lowest BCUT2D eigenvalue weighted by Crippen LogP contribution is -2.63. The van der Waals surface area contributed by atoms with Crippen molar-refractivity contribution in [2.24, 2.45) is 10.8 Å². The summed E-state index contributed by atoms with van der Waals surface area (Å²) in [6.07, 6.45) is -4.87. The number of aromatic nitrogens is 3. The van der Waals surface area contributed by atoms with Crippen molar-refractivity contribution in [2.75, 3.05) is 52.0 Å². The van der Waals surface area contributed by atoms with Gasteiger partial charge in [0.2, 0.25) is 5.91 Å². The number of benzene rings is 2. The Bertz CT molecular complexity index is 2800. The minimum absolute atomic E-state index is 0.205. The van der Waals surface area contributed by atoms with E-state index in [1.165, 1.54) is 0 Å². The normalized spacial score (nSPS) is 18.5. The molecule has 0 aliphatic carbocycles. The van der Waals surface area contributed by atoms with Crippen molar-refractivity contribution in [2.45, 2.75) is 116 Å². The van der Waals surface area contributed by atoms with Gasteiger partial charge in [0.1, 0.15) is 29.5 Å². The van der Waals surface area contributed by atoms with E-state index in [0.717, 1.165) is 88.6 Å². The Balaban J connectivity index is 1.16. The van der Waals surface area contributed by atoms with E-state index in [1.807, 2.05) is 17.4 Å². The van der Waals surface area contributed by atoms with Crippen molar-refractivity contribution >= 4 is 29.8 Å².